The molecule has 1 amide bonds. The third-order valence-electron chi connectivity index (χ3n) is 3.49. The minimum atomic E-state index is -0.239. The lowest BCUT2D eigenvalue weighted by atomic mass is 10.0. The highest BCUT2D eigenvalue weighted by atomic mass is 35.5. The Balaban J connectivity index is 2.00. The Morgan fingerprint density at radius 3 is 3.05 bits per heavy atom. The summed E-state index contributed by atoms with van der Waals surface area (Å²) in [5, 5.41) is 13.1. The van der Waals surface area contributed by atoms with Crippen molar-refractivity contribution in [1.29, 1.82) is 0 Å². The highest BCUT2D eigenvalue weighted by Gasteiger charge is 2.21. The van der Waals surface area contributed by atoms with Gasteiger partial charge in [0.05, 0.1) is 5.56 Å². The van der Waals surface area contributed by atoms with Crippen LogP contribution in [0.3, 0.4) is 0 Å². The number of nitrogens with one attached hydrogen (secondary N) is 1. The van der Waals surface area contributed by atoms with Crippen LogP contribution >= 0.6 is 11.6 Å². The van der Waals surface area contributed by atoms with Crippen LogP contribution in [-0.2, 0) is 0 Å². The Bertz CT molecular complexity index is 465. The number of hydrogen-bond acceptors (Lipinski definition) is 3. The zero-order valence-corrected chi connectivity index (χ0v) is 11.8. The fourth-order valence-corrected chi connectivity index (χ4v) is 2.59. The summed E-state index contributed by atoms with van der Waals surface area (Å²) in [7, 11) is 0. The molecule has 1 aromatic carbocycles. The summed E-state index contributed by atoms with van der Waals surface area (Å²) in [5.74, 6) is -0.315. The first-order chi connectivity index (χ1) is 9.10. The minimum Gasteiger partial charge on any atom is -0.507 e. The molecule has 104 valence electrons. The summed E-state index contributed by atoms with van der Waals surface area (Å²) in [6, 6.07) is 4.69. The van der Waals surface area contributed by atoms with Crippen molar-refractivity contribution < 1.29 is 9.90 Å². The number of carbonyl (C=O) groups excluding carboxylic acids is 1. The van der Waals surface area contributed by atoms with E-state index in [-0.39, 0.29) is 23.3 Å². The summed E-state index contributed by atoms with van der Waals surface area (Å²) in [5.41, 5.74) is 0.276. The standard InChI is InChI=1S/C14H19ClN2O2/c1-2-17-7-3-4-11(9-17)16-14(19)12-6-5-10(15)8-13(12)18/h5-6,8,11,18H,2-4,7,9H2,1H3,(H,16,19). The van der Waals surface area contributed by atoms with E-state index in [1.807, 2.05) is 0 Å². The predicted octanol–water partition coefficient (Wildman–Crippen LogP) is 2.26. The normalized spacial score (nSPS) is 20.2. The lowest BCUT2D eigenvalue weighted by molar-refractivity contribution is 0.0903. The van der Waals surface area contributed by atoms with Crippen molar-refractivity contribution in [1.82, 2.24) is 10.2 Å². The quantitative estimate of drug-likeness (QED) is 0.894. The number of rotatable bonds is 3. The van der Waals surface area contributed by atoms with E-state index >= 15 is 0 Å². The Morgan fingerprint density at radius 1 is 1.58 bits per heavy atom. The van der Waals surface area contributed by atoms with Crippen LogP contribution in [0.2, 0.25) is 5.02 Å². The van der Waals surface area contributed by atoms with Crippen LogP contribution in [0.4, 0.5) is 0 Å². The Hall–Kier alpha value is -1.26. The zero-order valence-electron chi connectivity index (χ0n) is 11.0. The maximum atomic E-state index is 12.1. The van der Waals surface area contributed by atoms with Crippen molar-refractivity contribution >= 4 is 17.5 Å². The van der Waals surface area contributed by atoms with Gasteiger partial charge in [0.1, 0.15) is 5.75 Å². The van der Waals surface area contributed by atoms with Gasteiger partial charge in [0, 0.05) is 17.6 Å². The Labute approximate surface area is 118 Å². The average molecular weight is 283 g/mol. The molecule has 2 rings (SSSR count). The van der Waals surface area contributed by atoms with Gasteiger partial charge < -0.3 is 15.3 Å². The second-order valence-corrected chi connectivity index (χ2v) is 5.30. The van der Waals surface area contributed by atoms with E-state index in [2.05, 4.69) is 17.1 Å². The number of likely N-dealkylation sites (N-methyl/N-ethyl adjacent to an activating group) is 1. The van der Waals surface area contributed by atoms with Crippen LogP contribution < -0.4 is 5.32 Å². The Kier molecular flexibility index (Phi) is 4.66. The fourth-order valence-electron chi connectivity index (χ4n) is 2.42. The molecule has 1 aliphatic rings. The lowest BCUT2D eigenvalue weighted by Gasteiger charge is -2.32. The highest BCUT2D eigenvalue weighted by molar-refractivity contribution is 6.30. The number of piperidine rings is 1. The van der Waals surface area contributed by atoms with Gasteiger partial charge in [0.25, 0.3) is 5.91 Å². The molecule has 1 fully saturated rings. The molecule has 0 aromatic heterocycles. The molecule has 2 N–H and O–H groups in total. The molecular formula is C14H19ClN2O2. The highest BCUT2D eigenvalue weighted by Crippen LogP contribution is 2.22. The van der Waals surface area contributed by atoms with E-state index < -0.39 is 0 Å². The summed E-state index contributed by atoms with van der Waals surface area (Å²) in [6.45, 7) is 5.08. The number of hydrogen-bond donors (Lipinski definition) is 2. The molecule has 0 aliphatic carbocycles. The zero-order chi connectivity index (χ0) is 13.8. The second kappa shape index (κ2) is 6.26. The first-order valence-electron chi connectivity index (χ1n) is 6.62. The van der Waals surface area contributed by atoms with E-state index in [9.17, 15) is 9.90 Å². The van der Waals surface area contributed by atoms with Crippen molar-refractivity contribution in [3.63, 3.8) is 0 Å². The molecule has 1 atom stereocenters. The van der Waals surface area contributed by atoms with Crippen LogP contribution in [0.15, 0.2) is 18.2 Å². The Morgan fingerprint density at radius 2 is 2.37 bits per heavy atom. The van der Waals surface area contributed by atoms with Gasteiger partial charge >= 0.3 is 0 Å². The molecule has 5 heteroatoms. The van der Waals surface area contributed by atoms with Gasteiger partial charge in [-0.25, -0.2) is 0 Å². The van der Waals surface area contributed by atoms with Crippen molar-refractivity contribution in [2.75, 3.05) is 19.6 Å². The summed E-state index contributed by atoms with van der Waals surface area (Å²) < 4.78 is 0. The number of amides is 1. The van der Waals surface area contributed by atoms with Crippen molar-refractivity contribution in [2.24, 2.45) is 0 Å². The van der Waals surface area contributed by atoms with Crippen LogP contribution in [-0.4, -0.2) is 41.6 Å². The molecule has 4 nitrogen and oxygen atoms in total. The second-order valence-electron chi connectivity index (χ2n) is 4.87. The van der Waals surface area contributed by atoms with Gasteiger partial charge in [-0.15, -0.1) is 0 Å². The molecule has 1 aliphatic heterocycles. The van der Waals surface area contributed by atoms with Crippen LogP contribution in [0.25, 0.3) is 0 Å². The van der Waals surface area contributed by atoms with Gasteiger partial charge in [-0.05, 0) is 44.1 Å². The van der Waals surface area contributed by atoms with E-state index in [1.165, 1.54) is 6.07 Å². The van der Waals surface area contributed by atoms with Gasteiger partial charge in [-0.3, -0.25) is 4.79 Å². The van der Waals surface area contributed by atoms with E-state index in [0.29, 0.717) is 5.02 Å². The van der Waals surface area contributed by atoms with E-state index in [4.69, 9.17) is 11.6 Å². The monoisotopic (exact) mass is 282 g/mol. The molecule has 1 saturated heterocycles. The SMILES string of the molecule is CCN1CCCC(NC(=O)c2ccc(Cl)cc2O)C1. The number of carbonyl (C=O) groups is 1. The van der Waals surface area contributed by atoms with Crippen LogP contribution in [0, 0.1) is 0 Å². The van der Waals surface area contributed by atoms with Gasteiger partial charge in [0.15, 0.2) is 0 Å². The number of halogens is 1. The summed E-state index contributed by atoms with van der Waals surface area (Å²) >= 11 is 5.75. The number of likely N-dealkylation sites (tertiary alicyclic amines) is 1. The molecule has 19 heavy (non-hydrogen) atoms. The third kappa shape index (κ3) is 3.61. The maximum Gasteiger partial charge on any atom is 0.255 e. The van der Waals surface area contributed by atoms with Crippen LogP contribution in [0.5, 0.6) is 5.75 Å². The molecule has 0 bridgehead atoms. The van der Waals surface area contributed by atoms with Gasteiger partial charge in [0.2, 0.25) is 0 Å². The van der Waals surface area contributed by atoms with Crippen molar-refractivity contribution in [3.8, 4) is 5.75 Å². The van der Waals surface area contributed by atoms with Crippen molar-refractivity contribution in [2.45, 2.75) is 25.8 Å². The lowest BCUT2D eigenvalue weighted by Crippen LogP contribution is -2.47. The molecule has 1 heterocycles. The molecule has 1 unspecified atom stereocenters. The fraction of sp³-hybridized carbons (Fsp3) is 0.500. The predicted molar refractivity (Wildman–Crippen MR) is 75.7 cm³/mol. The van der Waals surface area contributed by atoms with E-state index in [1.54, 1.807) is 12.1 Å². The number of benzene rings is 1. The summed E-state index contributed by atoms with van der Waals surface area (Å²) in [6.07, 6.45) is 2.07. The van der Waals surface area contributed by atoms with E-state index in [0.717, 1.165) is 32.5 Å². The van der Waals surface area contributed by atoms with Crippen LogP contribution in [0.1, 0.15) is 30.1 Å². The largest absolute Gasteiger partial charge is 0.507 e. The smallest absolute Gasteiger partial charge is 0.255 e. The van der Waals surface area contributed by atoms with Gasteiger partial charge in [-0.2, -0.15) is 0 Å². The first kappa shape index (κ1) is 14.2. The molecule has 1 aromatic rings. The molecular weight excluding hydrogens is 264 g/mol. The first-order valence-corrected chi connectivity index (χ1v) is 6.99. The van der Waals surface area contributed by atoms with Crippen molar-refractivity contribution in [3.05, 3.63) is 28.8 Å². The molecule has 0 radical (unpaired) electrons. The number of phenols is 1. The number of aromatic hydroxyl groups is 1. The molecule has 0 saturated carbocycles. The topological polar surface area (TPSA) is 52.6 Å². The summed E-state index contributed by atoms with van der Waals surface area (Å²) in [4.78, 5) is 14.4. The minimum absolute atomic E-state index is 0.0758. The number of phenolic OH excluding ortho intramolecular Hbond substituents is 1. The number of nitrogens with zero attached hydrogens (tertiary/aromatic N) is 1. The maximum absolute atomic E-state index is 12.1. The molecule has 0 spiro atoms. The van der Waals surface area contributed by atoms with Gasteiger partial charge in [-0.1, -0.05) is 18.5 Å². The third-order valence-corrected chi connectivity index (χ3v) is 3.73. The average Bonchev–Trinajstić information content (AvgIpc) is 2.38.